The molecule has 0 saturated carbocycles. The van der Waals surface area contributed by atoms with Crippen molar-refractivity contribution in [2.75, 3.05) is 19.0 Å². The van der Waals surface area contributed by atoms with Crippen LogP contribution in [0.5, 0.6) is 0 Å². The highest BCUT2D eigenvalue weighted by molar-refractivity contribution is 6.29. The third kappa shape index (κ3) is 3.84. The van der Waals surface area contributed by atoms with Crippen LogP contribution in [-0.2, 0) is 4.74 Å². The predicted molar refractivity (Wildman–Crippen MR) is 83.7 cm³/mol. The average molecular weight is 299 g/mol. The van der Waals surface area contributed by atoms with Crippen molar-refractivity contribution in [1.82, 2.24) is 14.6 Å². The van der Waals surface area contributed by atoms with Crippen molar-refractivity contribution in [2.24, 2.45) is 0 Å². The molecule has 0 saturated heterocycles. The van der Waals surface area contributed by atoms with Gasteiger partial charge in [0.05, 0.1) is 23.2 Å². The van der Waals surface area contributed by atoms with Gasteiger partial charge in [-0.1, -0.05) is 25.4 Å². The molecule has 0 fully saturated rings. The molecule has 20 heavy (non-hydrogen) atoms. The van der Waals surface area contributed by atoms with Crippen LogP contribution in [0.3, 0.4) is 0 Å². The number of imidazole rings is 1. The molecule has 0 aliphatic heterocycles. The van der Waals surface area contributed by atoms with Gasteiger partial charge in [0.2, 0.25) is 0 Å². The average Bonchev–Trinajstić information content (AvgIpc) is 2.80. The van der Waals surface area contributed by atoms with Crippen LogP contribution >= 0.6 is 11.6 Å². The number of aryl methyl sites for hydroxylation is 1. The summed E-state index contributed by atoms with van der Waals surface area (Å²) in [4.78, 5) is 4.32. The summed E-state index contributed by atoms with van der Waals surface area (Å²) < 4.78 is 7.10. The van der Waals surface area contributed by atoms with Crippen LogP contribution in [0.4, 0.5) is 5.69 Å². The lowest BCUT2D eigenvalue weighted by Gasteiger charge is -2.23. The van der Waals surface area contributed by atoms with Crippen molar-refractivity contribution < 1.29 is 4.74 Å². The number of rotatable bonds is 4. The number of nitrogens with one attached hydrogen (secondary N) is 1. The minimum absolute atomic E-state index is 0.256. The largest absolute Gasteiger partial charge is 0.379 e. The maximum Gasteiger partial charge on any atom is 0.177 e. The van der Waals surface area contributed by atoms with E-state index < -0.39 is 0 Å². The second-order valence-electron chi connectivity index (χ2n) is 4.83. The van der Waals surface area contributed by atoms with E-state index in [1.807, 2.05) is 34.6 Å². The standard InChI is InChI=1S/C12H17ClN4O.C2H6/c1-8-6-14-11-9(5-10(13)16-17(8)11)15-7-12(2,3)18-4;1-2/h5-6,15H,7H2,1-4H3;1-2H3. The van der Waals surface area contributed by atoms with Crippen LogP contribution in [0.15, 0.2) is 12.3 Å². The predicted octanol–water partition coefficient (Wildman–Crippen LogP) is 3.55. The zero-order valence-electron chi connectivity index (χ0n) is 13.0. The van der Waals surface area contributed by atoms with E-state index in [0.717, 1.165) is 17.0 Å². The highest BCUT2D eigenvalue weighted by Crippen LogP contribution is 2.21. The molecule has 0 aliphatic rings. The third-order valence-corrected chi connectivity index (χ3v) is 3.05. The van der Waals surface area contributed by atoms with Crippen molar-refractivity contribution in [1.29, 1.82) is 0 Å². The Morgan fingerprint density at radius 3 is 2.65 bits per heavy atom. The van der Waals surface area contributed by atoms with Crippen molar-refractivity contribution >= 4 is 22.9 Å². The Labute approximate surface area is 125 Å². The van der Waals surface area contributed by atoms with Gasteiger partial charge in [-0.25, -0.2) is 9.50 Å². The van der Waals surface area contributed by atoms with Gasteiger partial charge in [-0.3, -0.25) is 0 Å². The van der Waals surface area contributed by atoms with E-state index >= 15 is 0 Å². The van der Waals surface area contributed by atoms with Gasteiger partial charge in [-0.15, -0.1) is 0 Å². The number of halogens is 1. The summed E-state index contributed by atoms with van der Waals surface area (Å²) in [5.74, 6) is 0. The summed E-state index contributed by atoms with van der Waals surface area (Å²) in [5, 5.41) is 7.94. The first-order valence-corrected chi connectivity index (χ1v) is 7.11. The van der Waals surface area contributed by atoms with Gasteiger partial charge in [0, 0.05) is 19.7 Å². The number of fused-ring (bicyclic) bond motifs is 1. The van der Waals surface area contributed by atoms with Gasteiger partial charge in [0.25, 0.3) is 0 Å². The van der Waals surface area contributed by atoms with E-state index in [-0.39, 0.29) is 5.60 Å². The lowest BCUT2D eigenvalue weighted by atomic mass is 10.1. The molecule has 1 N–H and O–H groups in total. The molecule has 2 heterocycles. The summed E-state index contributed by atoms with van der Waals surface area (Å²) in [5.41, 5.74) is 2.31. The molecule has 0 amide bonds. The summed E-state index contributed by atoms with van der Waals surface area (Å²) in [6, 6.07) is 1.77. The maximum absolute atomic E-state index is 6.01. The number of hydrogen-bond donors (Lipinski definition) is 1. The van der Waals surface area contributed by atoms with Gasteiger partial charge in [0.15, 0.2) is 10.8 Å². The maximum atomic E-state index is 6.01. The molecule has 0 aliphatic carbocycles. The first kappa shape index (κ1) is 16.7. The number of ether oxygens (including phenoxy) is 1. The van der Waals surface area contributed by atoms with Crippen LogP contribution < -0.4 is 5.32 Å². The van der Waals surface area contributed by atoms with Crippen molar-refractivity contribution in [3.63, 3.8) is 0 Å². The normalized spacial score (nSPS) is 11.2. The summed E-state index contributed by atoms with van der Waals surface area (Å²) in [6.45, 7) is 10.6. The Bertz CT molecular complexity index is 566. The van der Waals surface area contributed by atoms with Crippen LogP contribution in [-0.4, -0.2) is 33.9 Å². The highest BCUT2D eigenvalue weighted by Gasteiger charge is 2.17. The number of methoxy groups -OCH3 is 1. The van der Waals surface area contributed by atoms with E-state index in [1.54, 1.807) is 23.9 Å². The monoisotopic (exact) mass is 298 g/mol. The third-order valence-electron chi connectivity index (χ3n) is 2.87. The fourth-order valence-corrected chi connectivity index (χ4v) is 1.74. The van der Waals surface area contributed by atoms with E-state index in [2.05, 4.69) is 15.4 Å². The Hall–Kier alpha value is -1.33. The van der Waals surface area contributed by atoms with Gasteiger partial charge >= 0.3 is 0 Å². The lowest BCUT2D eigenvalue weighted by Crippen LogP contribution is -2.32. The van der Waals surface area contributed by atoms with Crippen molar-refractivity contribution in [3.05, 3.63) is 23.1 Å². The van der Waals surface area contributed by atoms with Crippen LogP contribution in [0.2, 0.25) is 5.15 Å². The summed E-state index contributed by atoms with van der Waals surface area (Å²) >= 11 is 6.01. The molecule has 2 rings (SSSR count). The molecule has 0 spiro atoms. The van der Waals surface area contributed by atoms with Crippen LogP contribution in [0.25, 0.3) is 5.65 Å². The minimum Gasteiger partial charge on any atom is -0.379 e. The molecule has 6 heteroatoms. The topological polar surface area (TPSA) is 51.5 Å². The first-order valence-electron chi connectivity index (χ1n) is 6.73. The van der Waals surface area contributed by atoms with Gasteiger partial charge in [0.1, 0.15) is 0 Å². The van der Waals surface area contributed by atoms with E-state index in [4.69, 9.17) is 16.3 Å². The number of aromatic nitrogens is 3. The minimum atomic E-state index is -0.256. The highest BCUT2D eigenvalue weighted by atomic mass is 35.5. The SMILES string of the molecule is CC.COC(C)(C)CNc1cc(Cl)nn2c(C)cnc12. The zero-order chi connectivity index (χ0) is 15.3. The van der Waals surface area contributed by atoms with Crippen molar-refractivity contribution in [3.8, 4) is 0 Å². The van der Waals surface area contributed by atoms with Crippen molar-refractivity contribution in [2.45, 2.75) is 40.2 Å². The quantitative estimate of drug-likeness (QED) is 0.938. The Balaban J connectivity index is 0.000000956. The van der Waals surface area contributed by atoms with Gasteiger partial charge < -0.3 is 10.1 Å². The zero-order valence-corrected chi connectivity index (χ0v) is 13.7. The molecule has 2 aromatic heterocycles. The van der Waals surface area contributed by atoms with Crippen LogP contribution in [0, 0.1) is 6.92 Å². The molecule has 2 aromatic rings. The van der Waals surface area contributed by atoms with Gasteiger partial charge in [-0.05, 0) is 20.8 Å². The number of anilines is 1. The van der Waals surface area contributed by atoms with Gasteiger partial charge in [-0.2, -0.15) is 5.10 Å². The summed E-state index contributed by atoms with van der Waals surface area (Å²) in [7, 11) is 1.69. The molecule has 0 radical (unpaired) electrons. The first-order chi connectivity index (χ1) is 9.43. The molecule has 112 valence electrons. The molecule has 0 atom stereocenters. The van der Waals surface area contributed by atoms with E-state index in [1.165, 1.54) is 0 Å². The number of nitrogens with zero attached hydrogens (tertiary/aromatic N) is 3. The molecular weight excluding hydrogens is 276 g/mol. The second-order valence-corrected chi connectivity index (χ2v) is 5.22. The Morgan fingerprint density at radius 2 is 2.05 bits per heavy atom. The molecular formula is C14H23ClN4O. The Morgan fingerprint density at radius 1 is 1.40 bits per heavy atom. The fraction of sp³-hybridized carbons (Fsp3) is 0.571. The van der Waals surface area contributed by atoms with E-state index in [0.29, 0.717) is 11.7 Å². The Kier molecular flexibility index (Phi) is 5.77. The van der Waals surface area contributed by atoms with Crippen LogP contribution in [0.1, 0.15) is 33.4 Å². The van der Waals surface area contributed by atoms with E-state index in [9.17, 15) is 0 Å². The number of hydrogen-bond acceptors (Lipinski definition) is 4. The molecule has 5 nitrogen and oxygen atoms in total. The molecule has 0 bridgehead atoms. The molecule has 0 aromatic carbocycles. The molecule has 0 unspecified atom stereocenters. The lowest BCUT2D eigenvalue weighted by molar-refractivity contribution is 0.0344. The fourth-order valence-electron chi connectivity index (χ4n) is 1.56. The smallest absolute Gasteiger partial charge is 0.177 e. The summed E-state index contributed by atoms with van der Waals surface area (Å²) in [6.07, 6.45) is 1.77. The second kappa shape index (κ2) is 6.90.